The average Bonchev–Trinajstić information content (AvgIpc) is 3.17. The van der Waals surface area contributed by atoms with Gasteiger partial charge in [-0.25, -0.2) is 0 Å². The molecule has 12 nitrogen and oxygen atoms in total. The Kier molecular flexibility index (Phi) is 32.6. The Hall–Kier alpha value is -1.87. The maximum absolute atomic E-state index is 12.8. The van der Waals surface area contributed by atoms with Crippen LogP contribution in [0, 0.1) is 0 Å². The number of hydrogen-bond donors (Lipinski definition) is 4. The number of unbranched alkanes of at least 4 members (excludes halogenated alkanes) is 21. The zero-order valence-electron chi connectivity index (χ0n) is 35.4. The van der Waals surface area contributed by atoms with Crippen molar-refractivity contribution in [3.63, 3.8) is 0 Å². The first kappa shape index (κ1) is 53.1. The lowest BCUT2D eigenvalue weighted by atomic mass is 10.00. The van der Waals surface area contributed by atoms with E-state index in [1.54, 1.807) is 0 Å². The smallest absolute Gasteiger partial charge is 0.306 e. The van der Waals surface area contributed by atoms with Gasteiger partial charge < -0.3 is 34.3 Å². The molecule has 57 heavy (non-hydrogen) atoms. The van der Waals surface area contributed by atoms with Crippen LogP contribution in [0.4, 0.5) is 0 Å². The number of hydrogen-bond acceptors (Lipinski definition) is 11. The van der Waals surface area contributed by atoms with Crippen molar-refractivity contribution >= 4 is 22.1 Å². The molecule has 0 saturated carbocycles. The number of carbonyl (C=O) groups excluding carboxylic acids is 2. The van der Waals surface area contributed by atoms with Crippen LogP contribution in [0.3, 0.4) is 0 Å². The van der Waals surface area contributed by atoms with E-state index in [4.69, 9.17) is 18.9 Å². The Morgan fingerprint density at radius 3 is 1.58 bits per heavy atom. The van der Waals surface area contributed by atoms with E-state index in [0.29, 0.717) is 12.8 Å². The Labute approximate surface area is 345 Å². The zero-order chi connectivity index (χ0) is 42.0. The van der Waals surface area contributed by atoms with Crippen molar-refractivity contribution in [1.82, 2.24) is 0 Å². The molecular weight excluding hydrogens is 753 g/mol. The Bertz CT molecular complexity index is 1160. The summed E-state index contributed by atoms with van der Waals surface area (Å²) in [6, 6.07) is 0. The SMILES string of the molecule is CCCCC/C=C/C/C=C/CCCCCCCCCC(=O)O[C@H](COC(=O)CCCCCCCCCCCCCC)CO[C@H]1O[C@H](CS(=O)(=O)O)[C@@H](O)C(O)C1O. The molecule has 6 atom stereocenters. The standard InChI is InChI=1S/C44H80O12S/c1-3-5-7-9-11-13-15-17-18-19-20-21-23-25-27-29-31-33-40(46)55-37(35-54-44-43(49)42(48)41(47)38(56-44)36-57(50,51)52)34-53-39(45)32-30-28-26-24-22-16-14-12-10-8-6-4-2/h11,13,17-18,37-38,41-44,47-49H,3-10,12,14-16,19-36H2,1-2H3,(H,50,51,52)/b13-11+,18-17+/t37-,38-,41-,42?,43?,44+/m1/s1. The molecule has 1 aliphatic heterocycles. The predicted molar refractivity (Wildman–Crippen MR) is 224 cm³/mol. The highest BCUT2D eigenvalue weighted by molar-refractivity contribution is 7.85. The molecule has 334 valence electrons. The molecule has 1 rings (SSSR count). The molecule has 0 aromatic carbocycles. The van der Waals surface area contributed by atoms with Gasteiger partial charge in [-0.05, 0) is 44.9 Å². The van der Waals surface area contributed by atoms with Crippen molar-refractivity contribution in [2.75, 3.05) is 19.0 Å². The number of carbonyl (C=O) groups is 2. The topological polar surface area (TPSA) is 186 Å². The van der Waals surface area contributed by atoms with Crippen molar-refractivity contribution in [2.24, 2.45) is 0 Å². The van der Waals surface area contributed by atoms with E-state index in [1.165, 1.54) is 89.9 Å². The predicted octanol–water partition coefficient (Wildman–Crippen LogP) is 8.84. The maximum Gasteiger partial charge on any atom is 0.306 e. The molecular formula is C44H80O12S. The van der Waals surface area contributed by atoms with E-state index in [2.05, 4.69) is 38.2 Å². The van der Waals surface area contributed by atoms with Crippen LogP contribution < -0.4 is 0 Å². The van der Waals surface area contributed by atoms with Crippen molar-refractivity contribution in [3.8, 4) is 0 Å². The fraction of sp³-hybridized carbons (Fsp3) is 0.864. The molecule has 1 saturated heterocycles. The van der Waals surface area contributed by atoms with Gasteiger partial charge in [0.15, 0.2) is 12.4 Å². The molecule has 0 aromatic heterocycles. The maximum atomic E-state index is 12.8. The second-order valence-electron chi connectivity index (χ2n) is 15.7. The van der Waals surface area contributed by atoms with Gasteiger partial charge in [-0.15, -0.1) is 0 Å². The highest BCUT2D eigenvalue weighted by Gasteiger charge is 2.46. The molecule has 0 bridgehead atoms. The quantitative estimate of drug-likeness (QED) is 0.0202. The molecule has 0 radical (unpaired) electrons. The van der Waals surface area contributed by atoms with Crippen LogP contribution in [0.25, 0.3) is 0 Å². The van der Waals surface area contributed by atoms with Crippen LogP contribution >= 0.6 is 0 Å². The number of allylic oxidation sites excluding steroid dienone is 4. The Morgan fingerprint density at radius 2 is 1.05 bits per heavy atom. The van der Waals surface area contributed by atoms with E-state index in [1.807, 2.05) is 0 Å². The Balaban J connectivity index is 2.45. The van der Waals surface area contributed by atoms with Crippen LogP contribution in [-0.4, -0.2) is 96.0 Å². The van der Waals surface area contributed by atoms with Gasteiger partial charge in [-0.1, -0.05) is 154 Å². The summed E-state index contributed by atoms with van der Waals surface area (Å²) < 4.78 is 54.0. The minimum Gasteiger partial charge on any atom is -0.462 e. The van der Waals surface area contributed by atoms with Gasteiger partial charge in [0.1, 0.15) is 36.8 Å². The molecule has 2 unspecified atom stereocenters. The third kappa shape index (κ3) is 29.9. The van der Waals surface area contributed by atoms with Crippen LogP contribution in [0.5, 0.6) is 0 Å². The number of rotatable bonds is 37. The summed E-state index contributed by atoms with van der Waals surface area (Å²) in [7, 11) is -4.60. The lowest BCUT2D eigenvalue weighted by molar-refractivity contribution is -0.297. The van der Waals surface area contributed by atoms with Crippen molar-refractivity contribution < 1.29 is 56.8 Å². The van der Waals surface area contributed by atoms with Gasteiger partial charge in [0.05, 0.1) is 6.61 Å². The van der Waals surface area contributed by atoms with Crippen molar-refractivity contribution in [2.45, 2.75) is 224 Å². The number of ether oxygens (including phenoxy) is 4. The highest BCUT2D eigenvalue weighted by Crippen LogP contribution is 2.24. The van der Waals surface area contributed by atoms with Crippen LogP contribution in [0.15, 0.2) is 24.3 Å². The molecule has 1 fully saturated rings. The van der Waals surface area contributed by atoms with Gasteiger partial charge in [0.25, 0.3) is 10.1 Å². The molecule has 4 N–H and O–H groups in total. The highest BCUT2D eigenvalue weighted by atomic mass is 32.2. The fourth-order valence-corrected chi connectivity index (χ4v) is 7.46. The summed E-state index contributed by atoms with van der Waals surface area (Å²) in [6.07, 6.45) is 27.9. The summed E-state index contributed by atoms with van der Waals surface area (Å²) in [4.78, 5) is 25.4. The lowest BCUT2D eigenvalue weighted by Crippen LogP contribution is -2.60. The normalized spacial score (nSPS) is 20.7. The zero-order valence-corrected chi connectivity index (χ0v) is 36.3. The van der Waals surface area contributed by atoms with Crippen LogP contribution in [-0.2, 0) is 38.7 Å². The van der Waals surface area contributed by atoms with E-state index < -0.39 is 71.2 Å². The second kappa shape index (κ2) is 34.9. The monoisotopic (exact) mass is 833 g/mol. The average molecular weight is 833 g/mol. The van der Waals surface area contributed by atoms with E-state index in [0.717, 1.165) is 57.8 Å². The summed E-state index contributed by atoms with van der Waals surface area (Å²) >= 11 is 0. The number of aliphatic hydroxyl groups excluding tert-OH is 3. The fourth-order valence-electron chi connectivity index (χ4n) is 6.77. The first-order chi connectivity index (χ1) is 27.5. The van der Waals surface area contributed by atoms with Crippen molar-refractivity contribution in [1.29, 1.82) is 0 Å². The molecule has 1 heterocycles. The van der Waals surface area contributed by atoms with Gasteiger partial charge in [0.2, 0.25) is 0 Å². The molecule has 1 aliphatic rings. The number of esters is 2. The van der Waals surface area contributed by atoms with Crippen LogP contribution in [0.2, 0.25) is 0 Å². The Morgan fingerprint density at radius 1 is 0.596 bits per heavy atom. The van der Waals surface area contributed by atoms with Crippen LogP contribution in [0.1, 0.15) is 187 Å². The lowest BCUT2D eigenvalue weighted by Gasteiger charge is -2.40. The second-order valence-corrected chi connectivity index (χ2v) is 17.2. The van der Waals surface area contributed by atoms with Gasteiger partial charge in [-0.3, -0.25) is 14.1 Å². The summed E-state index contributed by atoms with van der Waals surface area (Å²) in [5, 5.41) is 30.8. The first-order valence-corrected chi connectivity index (χ1v) is 24.0. The van der Waals surface area contributed by atoms with Crippen molar-refractivity contribution in [3.05, 3.63) is 24.3 Å². The molecule has 0 spiro atoms. The molecule has 13 heteroatoms. The third-order valence-electron chi connectivity index (χ3n) is 10.3. The largest absolute Gasteiger partial charge is 0.462 e. The number of aliphatic hydroxyl groups is 3. The van der Waals surface area contributed by atoms with Gasteiger partial charge in [-0.2, -0.15) is 8.42 Å². The third-order valence-corrected chi connectivity index (χ3v) is 11.0. The first-order valence-electron chi connectivity index (χ1n) is 22.4. The van der Waals surface area contributed by atoms with Gasteiger partial charge in [0, 0.05) is 12.8 Å². The summed E-state index contributed by atoms with van der Waals surface area (Å²) in [6.45, 7) is 3.72. The molecule has 0 amide bonds. The minimum absolute atomic E-state index is 0.158. The summed E-state index contributed by atoms with van der Waals surface area (Å²) in [5.74, 6) is -1.99. The molecule has 0 aliphatic carbocycles. The van der Waals surface area contributed by atoms with E-state index >= 15 is 0 Å². The van der Waals surface area contributed by atoms with Gasteiger partial charge >= 0.3 is 11.9 Å². The van der Waals surface area contributed by atoms with E-state index in [-0.39, 0.29) is 19.4 Å². The minimum atomic E-state index is -4.60. The molecule has 0 aromatic rings. The van der Waals surface area contributed by atoms with E-state index in [9.17, 15) is 37.9 Å². The summed E-state index contributed by atoms with van der Waals surface area (Å²) in [5.41, 5.74) is 0.